The van der Waals surface area contributed by atoms with Gasteiger partial charge in [-0.2, -0.15) is 0 Å². The van der Waals surface area contributed by atoms with Crippen molar-refractivity contribution in [3.63, 3.8) is 0 Å². The molecule has 1 aliphatic rings. The van der Waals surface area contributed by atoms with Crippen LogP contribution in [0.3, 0.4) is 0 Å². The van der Waals surface area contributed by atoms with E-state index in [0.717, 1.165) is 16.8 Å². The highest BCUT2D eigenvalue weighted by atomic mass is 16.5. The molecule has 0 radical (unpaired) electrons. The van der Waals surface area contributed by atoms with Gasteiger partial charge < -0.3 is 15.0 Å². The lowest BCUT2D eigenvalue weighted by atomic mass is 10.1. The van der Waals surface area contributed by atoms with Gasteiger partial charge in [-0.1, -0.05) is 23.8 Å². The van der Waals surface area contributed by atoms with Crippen LogP contribution >= 0.6 is 0 Å². The first-order valence-electron chi connectivity index (χ1n) is 8.30. The first-order valence-corrected chi connectivity index (χ1v) is 8.30. The Bertz CT molecular complexity index is 799. The van der Waals surface area contributed by atoms with Crippen LogP contribution in [0.25, 0.3) is 0 Å². The standard InChI is InChI=1S/C20H22N2O3/c1-13-4-7-16(8-5-13)22-12-15(11-19(22)23)20(24)21-17-10-14(2)6-9-18(17)25-3/h4-10,15H,11-12H2,1-3H3,(H,21,24)/t15-/m0/s1. The molecular formula is C20H22N2O3. The summed E-state index contributed by atoms with van der Waals surface area (Å²) in [6, 6.07) is 13.4. The summed E-state index contributed by atoms with van der Waals surface area (Å²) < 4.78 is 5.29. The highest BCUT2D eigenvalue weighted by Gasteiger charge is 2.35. The van der Waals surface area contributed by atoms with Gasteiger partial charge in [0.1, 0.15) is 5.75 Å². The molecule has 1 fully saturated rings. The van der Waals surface area contributed by atoms with Crippen molar-refractivity contribution in [1.82, 2.24) is 0 Å². The highest BCUT2D eigenvalue weighted by Crippen LogP contribution is 2.29. The van der Waals surface area contributed by atoms with Crippen LogP contribution in [0.4, 0.5) is 11.4 Å². The van der Waals surface area contributed by atoms with Crippen molar-refractivity contribution in [3.8, 4) is 5.75 Å². The van der Waals surface area contributed by atoms with E-state index in [-0.39, 0.29) is 24.2 Å². The molecule has 5 heteroatoms. The molecule has 25 heavy (non-hydrogen) atoms. The molecule has 0 aliphatic carbocycles. The van der Waals surface area contributed by atoms with E-state index in [0.29, 0.717) is 18.0 Å². The maximum absolute atomic E-state index is 12.6. The summed E-state index contributed by atoms with van der Waals surface area (Å²) in [4.78, 5) is 26.6. The number of ether oxygens (including phenoxy) is 1. The molecule has 2 aromatic carbocycles. The Morgan fingerprint density at radius 1 is 1.12 bits per heavy atom. The maximum atomic E-state index is 12.6. The summed E-state index contributed by atoms with van der Waals surface area (Å²) in [5, 5.41) is 2.90. The fourth-order valence-corrected chi connectivity index (χ4v) is 3.01. The van der Waals surface area contributed by atoms with Crippen LogP contribution in [0, 0.1) is 19.8 Å². The van der Waals surface area contributed by atoms with Crippen molar-refractivity contribution in [2.75, 3.05) is 23.9 Å². The molecule has 2 aromatic rings. The second-order valence-corrected chi connectivity index (χ2v) is 6.43. The van der Waals surface area contributed by atoms with Gasteiger partial charge in [0, 0.05) is 18.7 Å². The van der Waals surface area contributed by atoms with Gasteiger partial charge in [-0.3, -0.25) is 9.59 Å². The number of aryl methyl sites for hydroxylation is 2. The van der Waals surface area contributed by atoms with E-state index in [9.17, 15) is 9.59 Å². The number of carbonyl (C=O) groups is 2. The molecule has 0 aromatic heterocycles. The molecule has 1 heterocycles. The minimum atomic E-state index is -0.376. The predicted molar refractivity (Wildman–Crippen MR) is 98.0 cm³/mol. The predicted octanol–water partition coefficient (Wildman–Crippen LogP) is 3.30. The van der Waals surface area contributed by atoms with Crippen LogP contribution in [0.2, 0.25) is 0 Å². The first-order chi connectivity index (χ1) is 12.0. The van der Waals surface area contributed by atoms with Crippen molar-refractivity contribution in [2.24, 2.45) is 5.92 Å². The SMILES string of the molecule is COc1ccc(C)cc1NC(=O)[C@H]1CC(=O)N(c2ccc(C)cc2)C1. The number of hydrogen-bond acceptors (Lipinski definition) is 3. The zero-order valence-electron chi connectivity index (χ0n) is 14.7. The molecule has 5 nitrogen and oxygen atoms in total. The van der Waals surface area contributed by atoms with Crippen molar-refractivity contribution >= 4 is 23.2 Å². The van der Waals surface area contributed by atoms with E-state index in [4.69, 9.17) is 4.74 Å². The Morgan fingerprint density at radius 3 is 2.48 bits per heavy atom. The summed E-state index contributed by atoms with van der Waals surface area (Å²) in [5.41, 5.74) is 3.63. The summed E-state index contributed by atoms with van der Waals surface area (Å²) in [5.74, 6) is 0.0461. The van der Waals surface area contributed by atoms with Crippen molar-refractivity contribution < 1.29 is 14.3 Å². The molecule has 0 bridgehead atoms. The van der Waals surface area contributed by atoms with Gasteiger partial charge in [-0.25, -0.2) is 0 Å². The van der Waals surface area contributed by atoms with Gasteiger partial charge >= 0.3 is 0 Å². The number of hydrogen-bond donors (Lipinski definition) is 1. The number of methoxy groups -OCH3 is 1. The van der Waals surface area contributed by atoms with Gasteiger partial charge in [0.15, 0.2) is 0 Å². The second-order valence-electron chi connectivity index (χ2n) is 6.43. The molecule has 1 aliphatic heterocycles. The molecule has 1 saturated heterocycles. The topological polar surface area (TPSA) is 58.6 Å². The van der Waals surface area contributed by atoms with E-state index in [1.165, 1.54) is 0 Å². The van der Waals surface area contributed by atoms with Crippen LogP contribution < -0.4 is 15.0 Å². The average molecular weight is 338 g/mol. The lowest BCUT2D eigenvalue weighted by Crippen LogP contribution is -2.28. The molecular weight excluding hydrogens is 316 g/mol. The maximum Gasteiger partial charge on any atom is 0.229 e. The van der Waals surface area contributed by atoms with Gasteiger partial charge in [0.05, 0.1) is 18.7 Å². The third kappa shape index (κ3) is 3.65. The molecule has 0 unspecified atom stereocenters. The number of benzene rings is 2. The van der Waals surface area contributed by atoms with Crippen LogP contribution in [-0.2, 0) is 9.59 Å². The average Bonchev–Trinajstić information content (AvgIpc) is 2.98. The van der Waals surface area contributed by atoms with E-state index in [2.05, 4.69) is 5.32 Å². The van der Waals surface area contributed by atoms with Crippen LogP contribution in [0.1, 0.15) is 17.5 Å². The highest BCUT2D eigenvalue weighted by molar-refractivity contribution is 6.03. The fourth-order valence-electron chi connectivity index (χ4n) is 3.01. The third-order valence-electron chi connectivity index (χ3n) is 4.45. The normalized spacial score (nSPS) is 16.8. The Labute approximate surface area is 147 Å². The number of nitrogens with zero attached hydrogens (tertiary/aromatic N) is 1. The van der Waals surface area contributed by atoms with Crippen molar-refractivity contribution in [1.29, 1.82) is 0 Å². The molecule has 130 valence electrons. The van der Waals surface area contributed by atoms with Crippen LogP contribution in [-0.4, -0.2) is 25.5 Å². The zero-order chi connectivity index (χ0) is 18.0. The fraction of sp³-hybridized carbons (Fsp3) is 0.300. The van der Waals surface area contributed by atoms with E-state index in [1.54, 1.807) is 12.0 Å². The number of amides is 2. The van der Waals surface area contributed by atoms with Gasteiger partial charge in [-0.15, -0.1) is 0 Å². The summed E-state index contributed by atoms with van der Waals surface area (Å²) >= 11 is 0. The lowest BCUT2D eigenvalue weighted by Gasteiger charge is -2.17. The Balaban J connectivity index is 1.73. The smallest absolute Gasteiger partial charge is 0.229 e. The monoisotopic (exact) mass is 338 g/mol. The van der Waals surface area contributed by atoms with Gasteiger partial charge in [-0.05, 0) is 43.7 Å². The van der Waals surface area contributed by atoms with Crippen molar-refractivity contribution in [2.45, 2.75) is 20.3 Å². The molecule has 2 amide bonds. The summed E-state index contributed by atoms with van der Waals surface area (Å²) in [6.07, 6.45) is 0.216. The minimum Gasteiger partial charge on any atom is -0.495 e. The molecule has 0 spiro atoms. The van der Waals surface area contributed by atoms with Crippen LogP contribution in [0.15, 0.2) is 42.5 Å². The number of anilines is 2. The first kappa shape index (κ1) is 17.0. The number of rotatable bonds is 4. The molecule has 1 atom stereocenters. The Morgan fingerprint density at radius 2 is 1.80 bits per heavy atom. The third-order valence-corrected chi connectivity index (χ3v) is 4.45. The van der Waals surface area contributed by atoms with E-state index in [1.807, 2.05) is 56.3 Å². The zero-order valence-corrected chi connectivity index (χ0v) is 14.7. The number of nitrogens with one attached hydrogen (secondary N) is 1. The largest absolute Gasteiger partial charge is 0.495 e. The quantitative estimate of drug-likeness (QED) is 0.930. The van der Waals surface area contributed by atoms with Crippen LogP contribution in [0.5, 0.6) is 5.75 Å². The van der Waals surface area contributed by atoms with E-state index < -0.39 is 0 Å². The molecule has 3 rings (SSSR count). The molecule has 0 saturated carbocycles. The van der Waals surface area contributed by atoms with Gasteiger partial charge in [0.25, 0.3) is 0 Å². The Hall–Kier alpha value is -2.82. The minimum absolute atomic E-state index is 0.0276. The number of carbonyl (C=O) groups excluding carboxylic acids is 2. The summed E-state index contributed by atoms with van der Waals surface area (Å²) in [7, 11) is 1.57. The van der Waals surface area contributed by atoms with Crippen molar-refractivity contribution in [3.05, 3.63) is 53.6 Å². The Kier molecular flexibility index (Phi) is 4.74. The lowest BCUT2D eigenvalue weighted by molar-refractivity contribution is -0.122. The van der Waals surface area contributed by atoms with Gasteiger partial charge in [0.2, 0.25) is 11.8 Å². The van der Waals surface area contributed by atoms with E-state index >= 15 is 0 Å². The molecule has 1 N–H and O–H groups in total. The summed E-state index contributed by atoms with van der Waals surface area (Å²) in [6.45, 7) is 4.34. The second kappa shape index (κ2) is 6.97.